The molecule has 0 aliphatic heterocycles. The van der Waals surface area contributed by atoms with E-state index in [9.17, 15) is 0 Å². The molecule has 108 valence electrons. The van der Waals surface area contributed by atoms with E-state index >= 15 is 0 Å². The lowest BCUT2D eigenvalue weighted by Gasteiger charge is -2.15. The lowest BCUT2D eigenvalue weighted by atomic mass is 10.0. The van der Waals surface area contributed by atoms with Crippen LogP contribution in [0.1, 0.15) is 45.1 Å². The zero-order chi connectivity index (χ0) is 13.9. The maximum atomic E-state index is 5.77. The number of nitrogens with one attached hydrogen (secondary N) is 1. The fourth-order valence-electron chi connectivity index (χ4n) is 2.17. The van der Waals surface area contributed by atoms with E-state index in [2.05, 4.69) is 50.4 Å². The Kier molecular flexibility index (Phi) is 8.31. The highest BCUT2D eigenvalue weighted by atomic mass is 16.5. The van der Waals surface area contributed by atoms with Crippen molar-refractivity contribution in [1.29, 1.82) is 0 Å². The average Bonchev–Trinajstić information content (AvgIpc) is 2.42. The molecule has 1 aromatic carbocycles. The quantitative estimate of drug-likeness (QED) is 0.621. The number of ether oxygens (including phenoxy) is 1. The second-order valence-electron chi connectivity index (χ2n) is 5.29. The van der Waals surface area contributed by atoms with Crippen molar-refractivity contribution in [2.24, 2.45) is 5.92 Å². The first-order valence-corrected chi connectivity index (χ1v) is 7.64. The molecule has 1 unspecified atom stereocenters. The summed E-state index contributed by atoms with van der Waals surface area (Å²) in [6, 6.07) is 8.46. The minimum absolute atomic E-state index is 0.735. The average molecular weight is 263 g/mol. The first kappa shape index (κ1) is 16.0. The highest BCUT2D eigenvalue weighted by molar-refractivity contribution is 5.45. The molecule has 0 aliphatic carbocycles. The smallest absolute Gasteiger partial charge is 0.0639 e. The van der Waals surface area contributed by atoms with Gasteiger partial charge in [-0.3, -0.25) is 0 Å². The van der Waals surface area contributed by atoms with E-state index < -0.39 is 0 Å². The Labute approximate surface area is 118 Å². The highest BCUT2D eigenvalue weighted by Crippen LogP contribution is 2.13. The predicted octanol–water partition coefficient (Wildman–Crippen LogP) is 4.64. The summed E-state index contributed by atoms with van der Waals surface area (Å²) < 4.78 is 5.77. The maximum absolute atomic E-state index is 5.77. The predicted molar refractivity (Wildman–Crippen MR) is 83.8 cm³/mol. The highest BCUT2D eigenvalue weighted by Gasteiger charge is 2.05. The Morgan fingerprint density at radius 3 is 2.79 bits per heavy atom. The van der Waals surface area contributed by atoms with Gasteiger partial charge < -0.3 is 10.1 Å². The second-order valence-corrected chi connectivity index (χ2v) is 5.29. The van der Waals surface area contributed by atoms with E-state index in [4.69, 9.17) is 4.74 Å². The van der Waals surface area contributed by atoms with Gasteiger partial charge in [-0.25, -0.2) is 0 Å². The largest absolute Gasteiger partial charge is 0.383 e. The molecule has 0 fully saturated rings. The van der Waals surface area contributed by atoms with Gasteiger partial charge >= 0.3 is 0 Å². The number of aryl methyl sites for hydroxylation is 1. The van der Waals surface area contributed by atoms with Gasteiger partial charge in [-0.15, -0.1) is 0 Å². The molecule has 0 saturated carbocycles. The molecule has 2 heteroatoms. The summed E-state index contributed by atoms with van der Waals surface area (Å²) in [7, 11) is 0. The third-order valence-corrected chi connectivity index (χ3v) is 3.49. The molecule has 0 radical (unpaired) electrons. The molecule has 0 aromatic heterocycles. The van der Waals surface area contributed by atoms with Crippen LogP contribution in [0.3, 0.4) is 0 Å². The van der Waals surface area contributed by atoms with Crippen LogP contribution in [0.15, 0.2) is 24.3 Å². The van der Waals surface area contributed by atoms with Crippen LogP contribution < -0.4 is 5.32 Å². The van der Waals surface area contributed by atoms with Crippen molar-refractivity contribution in [3.05, 3.63) is 29.8 Å². The first-order chi connectivity index (χ1) is 9.26. The topological polar surface area (TPSA) is 21.3 Å². The lowest BCUT2D eigenvalue weighted by Crippen LogP contribution is -2.14. The first-order valence-electron chi connectivity index (χ1n) is 7.64. The van der Waals surface area contributed by atoms with Crippen molar-refractivity contribution >= 4 is 5.69 Å². The van der Waals surface area contributed by atoms with E-state index in [1.807, 2.05) is 0 Å². The standard InChI is InChI=1S/C17H29NO/c1-4-6-9-16(5-2)14-19-12-11-18-17-10-7-8-15(3)13-17/h7-8,10,13,16,18H,4-6,9,11-12,14H2,1-3H3. The van der Waals surface area contributed by atoms with Gasteiger partial charge in [-0.2, -0.15) is 0 Å². The van der Waals surface area contributed by atoms with Gasteiger partial charge in [-0.1, -0.05) is 45.2 Å². The lowest BCUT2D eigenvalue weighted by molar-refractivity contribution is 0.102. The molecular formula is C17H29NO. The van der Waals surface area contributed by atoms with E-state index in [1.54, 1.807) is 0 Å². The third-order valence-electron chi connectivity index (χ3n) is 3.49. The van der Waals surface area contributed by atoms with E-state index in [0.717, 1.165) is 25.7 Å². The van der Waals surface area contributed by atoms with Crippen molar-refractivity contribution in [2.75, 3.05) is 25.1 Å². The maximum Gasteiger partial charge on any atom is 0.0639 e. The molecular weight excluding hydrogens is 234 g/mol. The Hall–Kier alpha value is -1.02. The summed E-state index contributed by atoms with van der Waals surface area (Å²) in [5.74, 6) is 0.735. The van der Waals surface area contributed by atoms with E-state index in [0.29, 0.717) is 0 Å². The number of hydrogen-bond acceptors (Lipinski definition) is 2. The number of unbranched alkanes of at least 4 members (excludes halogenated alkanes) is 1. The van der Waals surface area contributed by atoms with Crippen molar-refractivity contribution in [2.45, 2.75) is 46.5 Å². The number of anilines is 1. The summed E-state index contributed by atoms with van der Waals surface area (Å²) in [4.78, 5) is 0. The molecule has 1 N–H and O–H groups in total. The molecule has 1 atom stereocenters. The van der Waals surface area contributed by atoms with Crippen LogP contribution >= 0.6 is 0 Å². The molecule has 0 bridgehead atoms. The van der Waals surface area contributed by atoms with Crippen molar-refractivity contribution < 1.29 is 4.74 Å². The zero-order valence-electron chi connectivity index (χ0n) is 12.7. The molecule has 1 rings (SSSR count). The van der Waals surface area contributed by atoms with Gasteiger partial charge in [0.15, 0.2) is 0 Å². The Morgan fingerprint density at radius 1 is 1.26 bits per heavy atom. The number of hydrogen-bond donors (Lipinski definition) is 1. The normalized spacial score (nSPS) is 12.4. The van der Waals surface area contributed by atoms with Crippen LogP contribution in [0.5, 0.6) is 0 Å². The summed E-state index contributed by atoms with van der Waals surface area (Å²) in [5.41, 5.74) is 2.47. The Balaban J connectivity index is 2.10. The SMILES string of the molecule is CCCCC(CC)COCCNc1cccc(C)c1. The summed E-state index contributed by atoms with van der Waals surface area (Å²) in [6.45, 7) is 9.20. The van der Waals surface area contributed by atoms with Crippen molar-refractivity contribution in [3.8, 4) is 0 Å². The Morgan fingerprint density at radius 2 is 2.11 bits per heavy atom. The molecule has 19 heavy (non-hydrogen) atoms. The van der Waals surface area contributed by atoms with Crippen LogP contribution in [0, 0.1) is 12.8 Å². The Bertz CT molecular complexity index is 338. The molecule has 0 amide bonds. The minimum atomic E-state index is 0.735. The van der Waals surface area contributed by atoms with Crippen LogP contribution in [0.25, 0.3) is 0 Å². The number of benzene rings is 1. The molecule has 2 nitrogen and oxygen atoms in total. The van der Waals surface area contributed by atoms with Gasteiger partial charge in [0.05, 0.1) is 6.61 Å². The molecule has 0 heterocycles. The summed E-state index contributed by atoms with van der Waals surface area (Å²) in [5, 5.41) is 3.40. The monoisotopic (exact) mass is 263 g/mol. The molecule has 0 aliphatic rings. The summed E-state index contributed by atoms with van der Waals surface area (Å²) in [6.07, 6.45) is 5.14. The summed E-state index contributed by atoms with van der Waals surface area (Å²) >= 11 is 0. The van der Waals surface area contributed by atoms with Crippen LogP contribution in [0.4, 0.5) is 5.69 Å². The van der Waals surface area contributed by atoms with Crippen LogP contribution in [-0.2, 0) is 4.74 Å². The minimum Gasteiger partial charge on any atom is -0.383 e. The van der Waals surface area contributed by atoms with Gasteiger partial charge in [-0.05, 0) is 37.0 Å². The van der Waals surface area contributed by atoms with Gasteiger partial charge in [0.1, 0.15) is 0 Å². The fourth-order valence-corrected chi connectivity index (χ4v) is 2.17. The van der Waals surface area contributed by atoms with E-state index in [-0.39, 0.29) is 0 Å². The number of rotatable bonds is 10. The molecule has 0 spiro atoms. The zero-order valence-corrected chi connectivity index (χ0v) is 12.7. The van der Waals surface area contributed by atoms with Crippen molar-refractivity contribution in [3.63, 3.8) is 0 Å². The van der Waals surface area contributed by atoms with E-state index in [1.165, 1.54) is 36.9 Å². The van der Waals surface area contributed by atoms with Gasteiger partial charge in [0.25, 0.3) is 0 Å². The van der Waals surface area contributed by atoms with Crippen LogP contribution in [-0.4, -0.2) is 19.8 Å². The van der Waals surface area contributed by atoms with Gasteiger partial charge in [0.2, 0.25) is 0 Å². The van der Waals surface area contributed by atoms with Crippen LogP contribution in [0.2, 0.25) is 0 Å². The fraction of sp³-hybridized carbons (Fsp3) is 0.647. The second kappa shape index (κ2) is 9.85. The molecule has 0 saturated heterocycles. The van der Waals surface area contributed by atoms with Gasteiger partial charge in [0, 0.05) is 18.8 Å². The molecule has 1 aromatic rings. The third kappa shape index (κ3) is 7.22. The van der Waals surface area contributed by atoms with Crippen molar-refractivity contribution in [1.82, 2.24) is 0 Å².